The highest BCUT2D eigenvalue weighted by atomic mass is 35.5. The van der Waals surface area contributed by atoms with Gasteiger partial charge in [-0.3, -0.25) is 0 Å². The highest BCUT2D eigenvalue weighted by Gasteiger charge is 2.29. The first-order valence-corrected chi connectivity index (χ1v) is 5.89. The number of hydrogen-bond donors (Lipinski definition) is 1. The van der Waals surface area contributed by atoms with Gasteiger partial charge in [-0.2, -0.15) is 0 Å². The molecule has 0 bridgehead atoms. The van der Waals surface area contributed by atoms with Crippen molar-refractivity contribution in [3.05, 3.63) is 33.8 Å². The first-order valence-electron chi connectivity index (χ1n) is 5.13. The number of nitrogens with two attached hydrogens (primary N) is 1. The van der Waals surface area contributed by atoms with Gasteiger partial charge in [0, 0.05) is 22.0 Å². The van der Waals surface area contributed by atoms with Crippen LogP contribution in [0, 0.1) is 0 Å². The Kier molecular flexibility index (Phi) is 4.05. The molecule has 16 heavy (non-hydrogen) atoms. The molecule has 0 aromatic heterocycles. The summed E-state index contributed by atoms with van der Waals surface area (Å²) in [7, 11) is 0. The molecule has 1 heterocycles. The molecule has 2 atom stereocenters. The Balaban J connectivity index is 2.14. The molecule has 1 aliphatic rings. The molecule has 1 saturated heterocycles. The zero-order chi connectivity index (χ0) is 11.5. The Labute approximate surface area is 104 Å². The molecular weight excluding hydrogens is 249 g/mol. The molecule has 88 valence electrons. The van der Waals surface area contributed by atoms with Gasteiger partial charge in [0.2, 0.25) is 0 Å². The molecule has 1 fully saturated rings. The Morgan fingerprint density at radius 2 is 2.00 bits per heavy atom. The monoisotopic (exact) mass is 261 g/mol. The maximum atomic E-state index is 6.09. The van der Waals surface area contributed by atoms with E-state index in [0.29, 0.717) is 29.6 Å². The highest BCUT2D eigenvalue weighted by Crippen LogP contribution is 2.36. The molecule has 0 aliphatic carbocycles. The van der Waals surface area contributed by atoms with Crippen molar-refractivity contribution in [3.63, 3.8) is 0 Å². The predicted octanol–water partition coefficient (Wildman–Crippen LogP) is 2.76. The second-order valence-electron chi connectivity index (χ2n) is 3.60. The van der Waals surface area contributed by atoms with Crippen LogP contribution in [0.5, 0.6) is 0 Å². The molecule has 2 rings (SSSR count). The molecule has 2 unspecified atom stereocenters. The van der Waals surface area contributed by atoms with Gasteiger partial charge in [0.05, 0.1) is 6.61 Å². The quantitative estimate of drug-likeness (QED) is 0.910. The first kappa shape index (κ1) is 12.1. The topological polar surface area (TPSA) is 44.5 Å². The summed E-state index contributed by atoms with van der Waals surface area (Å²) in [5.74, 6) is 0. The smallest absolute Gasteiger partial charge is 0.159 e. The van der Waals surface area contributed by atoms with E-state index in [1.54, 1.807) is 18.2 Å². The van der Waals surface area contributed by atoms with Gasteiger partial charge in [-0.1, -0.05) is 29.3 Å². The van der Waals surface area contributed by atoms with Crippen molar-refractivity contribution in [1.29, 1.82) is 0 Å². The number of halogens is 2. The fraction of sp³-hybridized carbons (Fsp3) is 0.455. The molecule has 0 amide bonds. The van der Waals surface area contributed by atoms with Crippen molar-refractivity contribution in [2.45, 2.75) is 18.8 Å². The largest absolute Gasteiger partial charge is 0.350 e. The van der Waals surface area contributed by atoms with Crippen molar-refractivity contribution in [2.75, 3.05) is 13.2 Å². The average Bonchev–Trinajstić information content (AvgIpc) is 2.67. The second-order valence-corrected chi connectivity index (χ2v) is 4.41. The highest BCUT2D eigenvalue weighted by molar-refractivity contribution is 6.36. The van der Waals surface area contributed by atoms with Crippen LogP contribution in [0.2, 0.25) is 10.0 Å². The lowest BCUT2D eigenvalue weighted by molar-refractivity contribution is -0.0606. The summed E-state index contributed by atoms with van der Waals surface area (Å²) in [5.41, 5.74) is 6.24. The fourth-order valence-corrected chi connectivity index (χ4v) is 2.35. The molecule has 0 spiro atoms. The minimum atomic E-state index is -0.248. The summed E-state index contributed by atoms with van der Waals surface area (Å²) >= 11 is 12.2. The molecule has 2 N–H and O–H groups in total. The van der Waals surface area contributed by atoms with E-state index in [1.807, 2.05) is 0 Å². The van der Waals surface area contributed by atoms with Crippen LogP contribution in [0.1, 0.15) is 18.1 Å². The summed E-state index contributed by atoms with van der Waals surface area (Å²) in [5, 5.41) is 1.21. The van der Waals surface area contributed by atoms with Gasteiger partial charge in [-0.25, -0.2) is 0 Å². The molecule has 1 aliphatic heterocycles. The number of rotatable bonds is 3. The van der Waals surface area contributed by atoms with Gasteiger partial charge >= 0.3 is 0 Å². The Hall–Kier alpha value is -0.320. The Bertz CT molecular complexity index is 353. The minimum absolute atomic E-state index is 0.197. The third-order valence-corrected chi connectivity index (χ3v) is 3.13. The molecule has 3 nitrogen and oxygen atoms in total. The van der Waals surface area contributed by atoms with E-state index < -0.39 is 0 Å². The van der Waals surface area contributed by atoms with Gasteiger partial charge in [0.15, 0.2) is 6.29 Å². The lowest BCUT2D eigenvalue weighted by Gasteiger charge is -2.13. The Morgan fingerprint density at radius 3 is 2.62 bits per heavy atom. The predicted molar refractivity (Wildman–Crippen MR) is 63.7 cm³/mol. The van der Waals surface area contributed by atoms with Gasteiger partial charge in [-0.05, 0) is 18.7 Å². The third kappa shape index (κ3) is 2.50. The van der Waals surface area contributed by atoms with Crippen molar-refractivity contribution >= 4 is 23.2 Å². The van der Waals surface area contributed by atoms with Crippen LogP contribution in [0.4, 0.5) is 0 Å². The minimum Gasteiger partial charge on any atom is -0.350 e. The van der Waals surface area contributed by atoms with Crippen LogP contribution >= 0.6 is 23.2 Å². The number of ether oxygens (including phenoxy) is 2. The van der Waals surface area contributed by atoms with Crippen LogP contribution in [0.15, 0.2) is 18.2 Å². The SMILES string of the molecule is NCCC1OCC(c2c(Cl)cccc2Cl)O1. The van der Waals surface area contributed by atoms with Crippen molar-refractivity contribution in [3.8, 4) is 0 Å². The fourth-order valence-electron chi connectivity index (χ4n) is 1.71. The number of hydrogen-bond acceptors (Lipinski definition) is 3. The van der Waals surface area contributed by atoms with E-state index in [9.17, 15) is 0 Å². The molecule has 5 heteroatoms. The van der Waals surface area contributed by atoms with Gasteiger partial charge < -0.3 is 15.2 Å². The lowest BCUT2D eigenvalue weighted by Crippen LogP contribution is -2.14. The summed E-state index contributed by atoms with van der Waals surface area (Å²) in [6.07, 6.45) is 0.235. The molecule has 0 saturated carbocycles. The maximum absolute atomic E-state index is 6.09. The van der Waals surface area contributed by atoms with E-state index in [0.717, 1.165) is 5.56 Å². The summed E-state index contributed by atoms with van der Waals surface area (Å²) < 4.78 is 11.1. The zero-order valence-corrected chi connectivity index (χ0v) is 10.2. The maximum Gasteiger partial charge on any atom is 0.159 e. The average molecular weight is 262 g/mol. The van der Waals surface area contributed by atoms with E-state index >= 15 is 0 Å². The lowest BCUT2D eigenvalue weighted by atomic mass is 10.1. The van der Waals surface area contributed by atoms with E-state index in [1.165, 1.54) is 0 Å². The standard InChI is InChI=1S/C11H13Cl2NO2/c12-7-2-1-3-8(13)11(7)9-6-15-10(16-9)4-5-14/h1-3,9-10H,4-6,14H2. The van der Waals surface area contributed by atoms with Crippen LogP contribution < -0.4 is 5.73 Å². The van der Waals surface area contributed by atoms with Crippen molar-refractivity contribution < 1.29 is 9.47 Å². The van der Waals surface area contributed by atoms with E-state index in [-0.39, 0.29) is 12.4 Å². The van der Waals surface area contributed by atoms with Gasteiger partial charge in [-0.15, -0.1) is 0 Å². The van der Waals surface area contributed by atoms with E-state index in [4.69, 9.17) is 38.4 Å². The number of benzene rings is 1. The zero-order valence-electron chi connectivity index (χ0n) is 8.66. The summed E-state index contributed by atoms with van der Waals surface area (Å²) in [4.78, 5) is 0. The van der Waals surface area contributed by atoms with Crippen LogP contribution in [-0.4, -0.2) is 19.4 Å². The molecule has 0 radical (unpaired) electrons. The van der Waals surface area contributed by atoms with Crippen molar-refractivity contribution in [2.24, 2.45) is 5.73 Å². The van der Waals surface area contributed by atoms with E-state index in [2.05, 4.69) is 0 Å². The normalized spacial score (nSPS) is 24.9. The Morgan fingerprint density at radius 1 is 1.31 bits per heavy atom. The van der Waals surface area contributed by atoms with Crippen LogP contribution in [-0.2, 0) is 9.47 Å². The summed E-state index contributed by atoms with van der Waals surface area (Å²) in [6.45, 7) is 1.00. The van der Waals surface area contributed by atoms with Crippen molar-refractivity contribution in [1.82, 2.24) is 0 Å². The van der Waals surface area contributed by atoms with Crippen LogP contribution in [0.25, 0.3) is 0 Å². The third-order valence-electron chi connectivity index (χ3n) is 2.47. The van der Waals surface area contributed by atoms with Gasteiger partial charge in [0.25, 0.3) is 0 Å². The van der Waals surface area contributed by atoms with Gasteiger partial charge in [0.1, 0.15) is 6.10 Å². The summed E-state index contributed by atoms with van der Waals surface area (Å²) in [6, 6.07) is 5.39. The van der Waals surface area contributed by atoms with Crippen LogP contribution in [0.3, 0.4) is 0 Å². The molecule has 1 aromatic rings. The molecular formula is C11H13Cl2NO2. The molecule has 1 aromatic carbocycles. The first-order chi connectivity index (χ1) is 7.72. The second kappa shape index (κ2) is 5.34.